The van der Waals surface area contributed by atoms with Crippen molar-refractivity contribution in [3.8, 4) is 0 Å². The van der Waals surface area contributed by atoms with Gasteiger partial charge in [-0.3, -0.25) is 9.69 Å². The lowest BCUT2D eigenvalue weighted by Gasteiger charge is -2.38. The lowest BCUT2D eigenvalue weighted by Crippen LogP contribution is -2.52. The molecule has 2 aromatic carbocycles. The van der Waals surface area contributed by atoms with E-state index in [2.05, 4.69) is 26.1 Å². The first kappa shape index (κ1) is 20.5. The number of rotatable bonds is 6. The Labute approximate surface area is 180 Å². The smallest absolute Gasteiger partial charge is 0.243 e. The van der Waals surface area contributed by atoms with Crippen molar-refractivity contribution < 1.29 is 13.2 Å². The molecule has 1 N–H and O–H groups in total. The molecule has 6 nitrogen and oxygen atoms in total. The number of nitrogens with one attached hydrogen (secondary N) is 1. The van der Waals surface area contributed by atoms with Crippen LogP contribution in [0.3, 0.4) is 0 Å². The van der Waals surface area contributed by atoms with Gasteiger partial charge < -0.3 is 5.32 Å². The number of carbonyl (C=O) groups excluding carboxylic acids is 1. The van der Waals surface area contributed by atoms with E-state index in [0.29, 0.717) is 26.2 Å². The van der Waals surface area contributed by atoms with Crippen LogP contribution in [-0.2, 0) is 14.8 Å². The topological polar surface area (TPSA) is 69.7 Å². The van der Waals surface area contributed by atoms with Gasteiger partial charge in [-0.15, -0.1) is 0 Å². The maximum absolute atomic E-state index is 13.0. The van der Waals surface area contributed by atoms with Crippen molar-refractivity contribution >= 4 is 31.9 Å². The van der Waals surface area contributed by atoms with Gasteiger partial charge in [0.1, 0.15) is 6.04 Å². The fraction of sp³-hybridized carbons (Fsp3) is 0.381. The highest BCUT2D eigenvalue weighted by molar-refractivity contribution is 9.10. The predicted molar refractivity (Wildman–Crippen MR) is 115 cm³/mol. The van der Waals surface area contributed by atoms with Crippen molar-refractivity contribution in [3.05, 3.63) is 64.6 Å². The number of hydrogen-bond donors (Lipinski definition) is 1. The van der Waals surface area contributed by atoms with Gasteiger partial charge in [-0.05, 0) is 36.6 Å². The minimum Gasteiger partial charge on any atom is -0.352 e. The number of sulfonamides is 1. The molecule has 0 spiro atoms. The Morgan fingerprint density at radius 3 is 2.31 bits per heavy atom. The second-order valence-electron chi connectivity index (χ2n) is 7.49. The van der Waals surface area contributed by atoms with Crippen LogP contribution in [0.25, 0.3) is 0 Å². The van der Waals surface area contributed by atoms with Gasteiger partial charge in [-0.2, -0.15) is 4.31 Å². The van der Waals surface area contributed by atoms with E-state index in [1.165, 1.54) is 4.31 Å². The first-order valence-corrected chi connectivity index (χ1v) is 12.0. The Hall–Kier alpha value is -1.74. The van der Waals surface area contributed by atoms with Crippen LogP contribution in [-0.4, -0.2) is 55.8 Å². The van der Waals surface area contributed by atoms with Crippen LogP contribution in [0.15, 0.2) is 64.0 Å². The Kier molecular flexibility index (Phi) is 6.06. The lowest BCUT2D eigenvalue weighted by molar-refractivity contribution is -0.127. The molecule has 1 heterocycles. The largest absolute Gasteiger partial charge is 0.352 e. The molecule has 154 valence electrons. The summed E-state index contributed by atoms with van der Waals surface area (Å²) in [5, 5.41) is 3.11. The molecule has 0 bridgehead atoms. The molecule has 0 unspecified atom stereocenters. The van der Waals surface area contributed by atoms with Crippen molar-refractivity contribution in [1.82, 2.24) is 14.5 Å². The second kappa shape index (κ2) is 8.55. The number of benzene rings is 2. The average Bonchev–Trinajstić information content (AvgIpc) is 3.53. The summed E-state index contributed by atoms with van der Waals surface area (Å²) in [7, 11) is -3.55. The SMILES string of the molecule is O=C(NC1CC1)[C@H](c1ccccc1)N1CCN(S(=O)(=O)c2cccc(Br)c2)CC1. The molecule has 0 aromatic heterocycles. The Bertz CT molecular complexity index is 972. The number of nitrogens with zero attached hydrogens (tertiary/aromatic N) is 2. The number of piperazine rings is 1. The van der Waals surface area contributed by atoms with Crippen molar-refractivity contribution in [2.24, 2.45) is 0 Å². The van der Waals surface area contributed by atoms with Crippen molar-refractivity contribution in [3.63, 3.8) is 0 Å². The summed E-state index contributed by atoms with van der Waals surface area (Å²) in [5.41, 5.74) is 0.939. The fourth-order valence-corrected chi connectivity index (χ4v) is 5.67. The Morgan fingerprint density at radius 1 is 1.00 bits per heavy atom. The Balaban J connectivity index is 1.49. The van der Waals surface area contributed by atoms with Gasteiger partial charge in [0.25, 0.3) is 0 Å². The van der Waals surface area contributed by atoms with E-state index in [4.69, 9.17) is 0 Å². The zero-order valence-corrected chi connectivity index (χ0v) is 18.4. The molecule has 1 amide bonds. The normalized spacial score (nSPS) is 19.6. The van der Waals surface area contributed by atoms with Crippen LogP contribution in [0.5, 0.6) is 0 Å². The average molecular weight is 478 g/mol. The fourth-order valence-electron chi connectivity index (χ4n) is 3.65. The molecule has 1 aliphatic heterocycles. The van der Waals surface area contributed by atoms with Crippen molar-refractivity contribution in [1.29, 1.82) is 0 Å². The van der Waals surface area contributed by atoms with E-state index >= 15 is 0 Å². The molecule has 8 heteroatoms. The molecule has 1 saturated carbocycles. The molecular weight excluding hydrogens is 454 g/mol. The minimum absolute atomic E-state index is 0.00185. The third-order valence-corrected chi connectivity index (χ3v) is 7.75. The van der Waals surface area contributed by atoms with Crippen LogP contribution < -0.4 is 5.32 Å². The van der Waals surface area contributed by atoms with E-state index in [9.17, 15) is 13.2 Å². The van der Waals surface area contributed by atoms with E-state index in [-0.39, 0.29) is 16.8 Å². The molecule has 2 aromatic rings. The van der Waals surface area contributed by atoms with E-state index in [1.54, 1.807) is 24.3 Å². The van der Waals surface area contributed by atoms with Gasteiger partial charge in [0, 0.05) is 36.7 Å². The maximum Gasteiger partial charge on any atom is 0.243 e. The van der Waals surface area contributed by atoms with Gasteiger partial charge in [0.05, 0.1) is 4.90 Å². The quantitative estimate of drug-likeness (QED) is 0.694. The summed E-state index contributed by atoms with van der Waals surface area (Å²) in [6.45, 7) is 1.72. The third kappa shape index (κ3) is 4.71. The van der Waals surface area contributed by atoms with Crippen LogP contribution in [0, 0.1) is 0 Å². The van der Waals surface area contributed by atoms with Crippen LogP contribution in [0.1, 0.15) is 24.4 Å². The number of hydrogen-bond acceptors (Lipinski definition) is 4. The van der Waals surface area contributed by atoms with Crippen LogP contribution in [0.4, 0.5) is 0 Å². The summed E-state index contributed by atoms with van der Waals surface area (Å²) >= 11 is 3.34. The lowest BCUT2D eigenvalue weighted by atomic mass is 10.0. The first-order valence-electron chi connectivity index (χ1n) is 9.80. The first-order chi connectivity index (χ1) is 13.9. The highest BCUT2D eigenvalue weighted by atomic mass is 79.9. The Morgan fingerprint density at radius 2 is 1.69 bits per heavy atom. The number of carbonyl (C=O) groups is 1. The summed E-state index contributed by atoms with van der Waals surface area (Å²) in [4.78, 5) is 15.3. The van der Waals surface area contributed by atoms with Crippen LogP contribution >= 0.6 is 15.9 Å². The monoisotopic (exact) mass is 477 g/mol. The third-order valence-electron chi connectivity index (χ3n) is 5.36. The van der Waals surface area contributed by atoms with Crippen LogP contribution in [0.2, 0.25) is 0 Å². The van der Waals surface area contributed by atoms with Gasteiger partial charge in [0.2, 0.25) is 15.9 Å². The van der Waals surface area contributed by atoms with E-state index < -0.39 is 16.1 Å². The second-order valence-corrected chi connectivity index (χ2v) is 10.3. The predicted octanol–water partition coefficient (Wildman–Crippen LogP) is 2.78. The zero-order chi connectivity index (χ0) is 20.4. The molecule has 1 aliphatic carbocycles. The summed E-state index contributed by atoms with van der Waals surface area (Å²) < 4.78 is 28.2. The van der Waals surface area contributed by atoms with Crippen molar-refractivity contribution in [2.75, 3.05) is 26.2 Å². The standard InChI is InChI=1S/C21H24BrN3O3S/c22-17-7-4-8-19(15-17)29(27,28)25-13-11-24(12-14-25)20(16-5-2-1-3-6-16)21(26)23-18-9-10-18/h1-8,15,18,20H,9-14H2,(H,23,26)/t20-/m0/s1. The highest BCUT2D eigenvalue weighted by Gasteiger charge is 2.36. The minimum atomic E-state index is -3.55. The maximum atomic E-state index is 13.0. The molecular formula is C21H24BrN3O3S. The number of amides is 1. The zero-order valence-electron chi connectivity index (χ0n) is 16.0. The number of halogens is 1. The summed E-state index contributed by atoms with van der Waals surface area (Å²) in [5.74, 6) is 0.00185. The molecule has 1 atom stereocenters. The van der Waals surface area contributed by atoms with Gasteiger partial charge in [-0.25, -0.2) is 8.42 Å². The van der Waals surface area contributed by atoms with E-state index in [0.717, 1.165) is 22.9 Å². The van der Waals surface area contributed by atoms with Gasteiger partial charge in [-0.1, -0.05) is 52.3 Å². The highest BCUT2D eigenvalue weighted by Crippen LogP contribution is 2.27. The van der Waals surface area contributed by atoms with Gasteiger partial charge >= 0.3 is 0 Å². The molecule has 2 aliphatic rings. The molecule has 4 rings (SSSR count). The molecule has 29 heavy (non-hydrogen) atoms. The van der Waals surface area contributed by atoms with Gasteiger partial charge in [0.15, 0.2) is 0 Å². The summed E-state index contributed by atoms with van der Waals surface area (Å²) in [6, 6.07) is 16.4. The van der Waals surface area contributed by atoms with E-state index in [1.807, 2.05) is 30.3 Å². The molecule has 0 radical (unpaired) electrons. The molecule has 2 fully saturated rings. The van der Waals surface area contributed by atoms with Crippen molar-refractivity contribution in [2.45, 2.75) is 29.8 Å². The summed E-state index contributed by atoms with van der Waals surface area (Å²) in [6.07, 6.45) is 2.07. The molecule has 1 saturated heterocycles.